The van der Waals surface area contributed by atoms with Gasteiger partial charge >= 0.3 is 0 Å². The molecule has 3 aliphatic rings. The Balaban J connectivity index is 1.37. The van der Waals surface area contributed by atoms with Crippen LogP contribution in [0, 0.1) is 23.2 Å². The normalized spacial score (nSPS) is 18.6. The summed E-state index contributed by atoms with van der Waals surface area (Å²) in [7, 11) is 0. The van der Waals surface area contributed by atoms with Gasteiger partial charge in [-0.25, -0.2) is 0 Å². The molecule has 0 N–H and O–H groups in total. The summed E-state index contributed by atoms with van der Waals surface area (Å²) in [5.74, 6) is 1.19. The Morgan fingerprint density at radius 2 is 1.56 bits per heavy atom. The number of nitrogens with zero attached hydrogens (tertiary/aromatic N) is 3. The smallest absolute Gasteiger partial charge is 0.0991 e. The van der Waals surface area contributed by atoms with Crippen molar-refractivity contribution in [2.24, 2.45) is 11.8 Å². The second-order valence-electron chi connectivity index (χ2n) is 11.2. The van der Waals surface area contributed by atoms with E-state index in [4.69, 9.17) is 0 Å². The van der Waals surface area contributed by atoms with Crippen LogP contribution in [-0.2, 0) is 0 Å². The number of fused-ring (bicyclic) bond motifs is 4. The van der Waals surface area contributed by atoms with Gasteiger partial charge in [0.2, 0.25) is 0 Å². The van der Waals surface area contributed by atoms with Crippen LogP contribution in [0.2, 0.25) is 0 Å². The zero-order valence-corrected chi connectivity index (χ0v) is 22.7. The van der Waals surface area contributed by atoms with Crippen molar-refractivity contribution in [2.45, 2.75) is 19.3 Å². The van der Waals surface area contributed by atoms with Crippen LogP contribution >= 0.6 is 0 Å². The fourth-order valence-electron chi connectivity index (χ4n) is 6.74. The second-order valence-corrected chi connectivity index (χ2v) is 11.2. The molecule has 1 aromatic heterocycles. The molecule has 8 rings (SSSR count). The van der Waals surface area contributed by atoms with Gasteiger partial charge in [0.1, 0.15) is 0 Å². The van der Waals surface area contributed by atoms with Gasteiger partial charge in [-0.2, -0.15) is 5.26 Å². The third-order valence-corrected chi connectivity index (χ3v) is 8.78. The lowest BCUT2D eigenvalue weighted by Crippen LogP contribution is -2.38. The van der Waals surface area contributed by atoms with E-state index in [2.05, 4.69) is 131 Å². The van der Waals surface area contributed by atoms with Gasteiger partial charge in [0.25, 0.3) is 0 Å². The molecule has 196 valence electrons. The van der Waals surface area contributed by atoms with Crippen molar-refractivity contribution < 1.29 is 0 Å². The first-order valence-corrected chi connectivity index (χ1v) is 14.5. The van der Waals surface area contributed by atoms with Crippen LogP contribution in [0.1, 0.15) is 24.8 Å². The lowest BCUT2D eigenvalue weighted by molar-refractivity contribution is 0.853. The first kappa shape index (κ1) is 23.8. The quantitative estimate of drug-likeness (QED) is 0.238. The van der Waals surface area contributed by atoms with E-state index < -0.39 is 0 Å². The van der Waals surface area contributed by atoms with Gasteiger partial charge in [-0.15, -0.1) is 0 Å². The van der Waals surface area contributed by atoms with Gasteiger partial charge < -0.3 is 9.47 Å². The maximum Gasteiger partial charge on any atom is 0.0991 e. The van der Waals surface area contributed by atoms with Gasteiger partial charge in [-0.3, -0.25) is 0 Å². The third-order valence-electron chi connectivity index (χ3n) is 8.78. The lowest BCUT2D eigenvalue weighted by Gasteiger charge is -2.32. The standard InChI is InChI=1S/C38H29N3/c39-25-26-16-20-30(21-17-26)41(35-13-6-10-29-24-33(29)35)37-15-7-14-36-38(37)32-11-4-5-12-34(32)40(36)31-22-18-28(19-23-31)27-8-2-1-3-9-27/h1-6,8-14,16-23,29,33H,7,15,24H2. The van der Waals surface area contributed by atoms with Gasteiger partial charge in [0.15, 0.2) is 0 Å². The highest BCUT2D eigenvalue weighted by atomic mass is 15.2. The summed E-state index contributed by atoms with van der Waals surface area (Å²) in [6.45, 7) is 0. The summed E-state index contributed by atoms with van der Waals surface area (Å²) in [4.78, 5) is 2.51. The molecule has 41 heavy (non-hydrogen) atoms. The Morgan fingerprint density at radius 1 is 0.805 bits per heavy atom. The molecule has 3 heteroatoms. The summed E-state index contributed by atoms with van der Waals surface area (Å²) in [5.41, 5.74) is 9.38. The molecule has 0 spiro atoms. The minimum atomic E-state index is 0.552. The summed E-state index contributed by atoms with van der Waals surface area (Å²) < 4.78 is 2.44. The molecule has 3 nitrogen and oxygen atoms in total. The molecule has 5 aromatic rings. The Bertz CT molecular complexity index is 2020. The molecule has 2 unspecified atom stereocenters. The third kappa shape index (κ3) is 3.95. The number of allylic oxidation sites excluding steroid dienone is 4. The first-order valence-electron chi connectivity index (χ1n) is 14.5. The molecule has 0 amide bonds. The zero-order chi connectivity index (χ0) is 27.3. The predicted octanol–water partition coefficient (Wildman–Crippen LogP) is 7.45. The van der Waals surface area contributed by atoms with Crippen molar-refractivity contribution >= 4 is 28.4 Å². The van der Waals surface area contributed by atoms with Crippen LogP contribution in [0.15, 0.2) is 127 Å². The summed E-state index contributed by atoms with van der Waals surface area (Å²) in [5, 5.41) is 13.3. The van der Waals surface area contributed by atoms with E-state index in [1.54, 1.807) is 0 Å². The molecule has 1 saturated carbocycles. The highest BCUT2D eigenvalue weighted by molar-refractivity contribution is 5.89. The van der Waals surface area contributed by atoms with Crippen molar-refractivity contribution in [3.05, 3.63) is 143 Å². The van der Waals surface area contributed by atoms with Crippen LogP contribution < -0.4 is 15.5 Å². The number of rotatable bonds is 5. The fraction of sp³-hybridized carbons (Fsp3) is 0.132. The zero-order valence-electron chi connectivity index (χ0n) is 22.7. The number of anilines is 1. The first-order chi connectivity index (χ1) is 20.3. The maximum absolute atomic E-state index is 9.46. The van der Waals surface area contributed by atoms with Gasteiger partial charge in [0, 0.05) is 39.3 Å². The van der Waals surface area contributed by atoms with Gasteiger partial charge in [-0.05, 0) is 84.8 Å². The minimum Gasteiger partial charge on any atom is -0.317 e. The summed E-state index contributed by atoms with van der Waals surface area (Å²) in [6.07, 6.45) is 12.4. The minimum absolute atomic E-state index is 0.552. The van der Waals surface area contributed by atoms with E-state index in [0.717, 1.165) is 18.5 Å². The second kappa shape index (κ2) is 9.54. The van der Waals surface area contributed by atoms with E-state index in [1.165, 1.54) is 56.1 Å². The number of aromatic nitrogens is 1. The van der Waals surface area contributed by atoms with E-state index in [0.29, 0.717) is 17.4 Å². The average molecular weight is 528 g/mol. The lowest BCUT2D eigenvalue weighted by atomic mass is 10.0. The van der Waals surface area contributed by atoms with E-state index in [1.807, 2.05) is 12.1 Å². The van der Waals surface area contributed by atoms with Crippen LogP contribution in [0.3, 0.4) is 0 Å². The number of hydrogen-bond donors (Lipinski definition) is 0. The van der Waals surface area contributed by atoms with Gasteiger partial charge in [0.05, 0.1) is 22.5 Å². The van der Waals surface area contributed by atoms with Crippen molar-refractivity contribution in [2.75, 3.05) is 4.90 Å². The Kier molecular flexibility index (Phi) is 5.53. The molecule has 4 aromatic carbocycles. The van der Waals surface area contributed by atoms with Crippen molar-refractivity contribution in [3.8, 4) is 22.9 Å². The molecular formula is C38H29N3. The van der Waals surface area contributed by atoms with Crippen LogP contribution in [-0.4, -0.2) is 4.57 Å². The topological polar surface area (TPSA) is 32.0 Å². The van der Waals surface area contributed by atoms with Crippen LogP contribution in [0.4, 0.5) is 5.69 Å². The molecular weight excluding hydrogens is 498 g/mol. The molecule has 0 aliphatic heterocycles. The van der Waals surface area contributed by atoms with Crippen molar-refractivity contribution in [1.29, 1.82) is 5.26 Å². The average Bonchev–Trinajstić information content (AvgIpc) is 3.77. The van der Waals surface area contributed by atoms with Crippen molar-refractivity contribution in [3.63, 3.8) is 0 Å². The number of para-hydroxylation sites is 1. The highest BCUT2D eigenvalue weighted by Crippen LogP contribution is 2.50. The highest BCUT2D eigenvalue weighted by Gasteiger charge is 2.42. The fourth-order valence-corrected chi connectivity index (χ4v) is 6.74. The monoisotopic (exact) mass is 527 g/mol. The van der Waals surface area contributed by atoms with Crippen LogP contribution in [0.25, 0.3) is 39.5 Å². The maximum atomic E-state index is 9.46. The molecule has 1 fully saturated rings. The molecule has 2 atom stereocenters. The van der Waals surface area contributed by atoms with Crippen molar-refractivity contribution in [1.82, 2.24) is 4.57 Å². The number of benzene rings is 4. The molecule has 0 bridgehead atoms. The predicted molar refractivity (Wildman–Crippen MR) is 168 cm³/mol. The van der Waals surface area contributed by atoms with E-state index in [-0.39, 0.29) is 0 Å². The number of hydrogen-bond acceptors (Lipinski definition) is 2. The van der Waals surface area contributed by atoms with E-state index >= 15 is 0 Å². The Labute approximate surface area is 239 Å². The summed E-state index contributed by atoms with van der Waals surface area (Å²) in [6, 6.07) is 38.7. The van der Waals surface area contributed by atoms with Crippen LogP contribution in [0.5, 0.6) is 0 Å². The Morgan fingerprint density at radius 3 is 2.37 bits per heavy atom. The molecule has 0 saturated heterocycles. The summed E-state index contributed by atoms with van der Waals surface area (Å²) >= 11 is 0. The number of nitriles is 1. The SMILES string of the molecule is N#Cc1ccc(N(C2=CC=CC3CC23)C2=c3c(n(-c4ccc(-c5ccccc5)cc4)c4ccccc34)=CCC2)cc1. The van der Waals surface area contributed by atoms with Gasteiger partial charge in [-0.1, -0.05) is 78.9 Å². The molecule has 1 heterocycles. The molecule has 0 radical (unpaired) electrons. The Hall–Kier alpha value is -5.07. The molecule has 3 aliphatic carbocycles. The largest absolute Gasteiger partial charge is 0.317 e. The van der Waals surface area contributed by atoms with E-state index in [9.17, 15) is 5.26 Å².